The van der Waals surface area contributed by atoms with Crippen molar-refractivity contribution in [3.05, 3.63) is 71.5 Å². The van der Waals surface area contributed by atoms with E-state index in [-0.39, 0.29) is 18.0 Å². The fourth-order valence-corrected chi connectivity index (χ4v) is 2.17. The lowest BCUT2D eigenvalue weighted by atomic mass is 10.0. The van der Waals surface area contributed by atoms with Crippen LogP contribution in [0.5, 0.6) is 0 Å². The minimum atomic E-state index is -0.221. The van der Waals surface area contributed by atoms with E-state index in [9.17, 15) is 4.39 Å². The summed E-state index contributed by atoms with van der Waals surface area (Å²) in [7, 11) is 0. The first kappa shape index (κ1) is 12.3. The molecule has 0 radical (unpaired) electrons. The first-order chi connectivity index (χ1) is 9.33. The van der Waals surface area contributed by atoms with Gasteiger partial charge in [-0.05, 0) is 23.3 Å². The van der Waals surface area contributed by atoms with Crippen molar-refractivity contribution in [3.8, 4) is 0 Å². The molecule has 0 bridgehead atoms. The van der Waals surface area contributed by atoms with Crippen molar-refractivity contribution >= 4 is 0 Å². The molecule has 1 atom stereocenters. The molecule has 19 heavy (non-hydrogen) atoms. The summed E-state index contributed by atoms with van der Waals surface area (Å²) in [5, 5.41) is 3.19. The third-order valence-corrected chi connectivity index (χ3v) is 3.35. The molecular weight excluding hydrogens is 241 g/mol. The first-order valence-electron chi connectivity index (χ1n) is 6.49. The summed E-state index contributed by atoms with van der Waals surface area (Å²) in [6.45, 7) is 1.76. The monoisotopic (exact) mass is 257 g/mol. The van der Waals surface area contributed by atoms with Crippen LogP contribution in [0.1, 0.15) is 17.2 Å². The number of benzene rings is 2. The van der Waals surface area contributed by atoms with Crippen molar-refractivity contribution in [1.82, 2.24) is 5.32 Å². The summed E-state index contributed by atoms with van der Waals surface area (Å²) in [5.41, 5.74) is 2.08. The van der Waals surface area contributed by atoms with E-state index in [4.69, 9.17) is 4.74 Å². The molecule has 2 aromatic carbocycles. The predicted octanol–water partition coefficient (Wildman–Crippen LogP) is 2.90. The van der Waals surface area contributed by atoms with Gasteiger partial charge in [0.05, 0.1) is 6.10 Å². The van der Waals surface area contributed by atoms with Crippen LogP contribution in [-0.4, -0.2) is 19.2 Å². The molecule has 1 aliphatic rings. The third kappa shape index (κ3) is 2.83. The highest BCUT2D eigenvalue weighted by atomic mass is 19.1. The lowest BCUT2D eigenvalue weighted by molar-refractivity contribution is -0.0202. The normalized spacial score (nSPS) is 16.9. The van der Waals surface area contributed by atoms with Crippen LogP contribution in [0.25, 0.3) is 0 Å². The highest BCUT2D eigenvalue weighted by molar-refractivity contribution is 5.30. The van der Waals surface area contributed by atoms with Crippen molar-refractivity contribution in [1.29, 1.82) is 0 Å². The van der Waals surface area contributed by atoms with Gasteiger partial charge in [-0.25, -0.2) is 4.39 Å². The van der Waals surface area contributed by atoms with E-state index >= 15 is 0 Å². The van der Waals surface area contributed by atoms with Crippen molar-refractivity contribution in [3.63, 3.8) is 0 Å². The maximum absolute atomic E-state index is 13.0. The van der Waals surface area contributed by atoms with Gasteiger partial charge < -0.3 is 10.1 Å². The summed E-state index contributed by atoms with van der Waals surface area (Å²) in [6.07, 6.45) is 0.101. The number of ether oxygens (including phenoxy) is 1. The average Bonchev–Trinajstić information content (AvgIpc) is 2.40. The molecule has 98 valence electrons. The van der Waals surface area contributed by atoms with Gasteiger partial charge in [0, 0.05) is 13.1 Å². The Balaban J connectivity index is 1.88. The Morgan fingerprint density at radius 3 is 2.16 bits per heavy atom. The largest absolute Gasteiger partial charge is 0.363 e. The van der Waals surface area contributed by atoms with Crippen molar-refractivity contribution < 1.29 is 9.13 Å². The molecule has 1 aliphatic heterocycles. The van der Waals surface area contributed by atoms with E-state index in [1.165, 1.54) is 12.1 Å². The van der Waals surface area contributed by atoms with E-state index in [0.717, 1.165) is 24.2 Å². The topological polar surface area (TPSA) is 21.3 Å². The van der Waals surface area contributed by atoms with E-state index < -0.39 is 0 Å². The van der Waals surface area contributed by atoms with E-state index in [1.54, 1.807) is 12.1 Å². The Morgan fingerprint density at radius 1 is 0.947 bits per heavy atom. The number of halogens is 1. The lowest BCUT2D eigenvalue weighted by Crippen LogP contribution is -2.49. The molecule has 3 rings (SSSR count). The minimum absolute atomic E-state index is 0.131. The summed E-state index contributed by atoms with van der Waals surface area (Å²) in [4.78, 5) is 0. The Morgan fingerprint density at radius 2 is 1.58 bits per heavy atom. The zero-order chi connectivity index (χ0) is 13.1. The second-order valence-corrected chi connectivity index (χ2v) is 4.76. The number of hydrogen-bond acceptors (Lipinski definition) is 2. The minimum Gasteiger partial charge on any atom is -0.363 e. The van der Waals surface area contributed by atoms with Crippen LogP contribution >= 0.6 is 0 Å². The molecule has 2 aromatic rings. The fraction of sp³-hybridized carbons (Fsp3) is 0.250. The summed E-state index contributed by atoms with van der Waals surface area (Å²) >= 11 is 0. The van der Waals surface area contributed by atoms with Gasteiger partial charge >= 0.3 is 0 Å². The molecule has 0 amide bonds. The molecule has 0 spiro atoms. The van der Waals surface area contributed by atoms with Crippen molar-refractivity contribution in [2.75, 3.05) is 13.1 Å². The predicted molar refractivity (Wildman–Crippen MR) is 72.4 cm³/mol. The van der Waals surface area contributed by atoms with Gasteiger partial charge in [-0.15, -0.1) is 0 Å². The standard InChI is InChI=1S/C16H16FNO/c17-14-8-6-13(7-9-14)16(19-15-10-18-11-15)12-4-2-1-3-5-12/h1-9,15-16,18H,10-11H2. The van der Waals surface area contributed by atoms with Gasteiger partial charge in [0.25, 0.3) is 0 Å². The first-order valence-corrected chi connectivity index (χ1v) is 6.49. The summed E-state index contributed by atoms with van der Waals surface area (Å²) in [6, 6.07) is 16.6. The molecule has 1 N–H and O–H groups in total. The van der Waals surface area contributed by atoms with Crippen molar-refractivity contribution in [2.45, 2.75) is 12.2 Å². The number of hydrogen-bond donors (Lipinski definition) is 1. The Bertz CT molecular complexity index is 522. The van der Waals surface area contributed by atoms with Gasteiger partial charge in [-0.2, -0.15) is 0 Å². The second-order valence-electron chi connectivity index (χ2n) is 4.76. The average molecular weight is 257 g/mol. The molecule has 2 nitrogen and oxygen atoms in total. The maximum atomic E-state index is 13.0. The van der Waals surface area contributed by atoms with Crippen LogP contribution in [0.15, 0.2) is 54.6 Å². The number of rotatable bonds is 4. The van der Waals surface area contributed by atoms with E-state index in [2.05, 4.69) is 5.32 Å². The molecule has 0 aromatic heterocycles. The molecule has 1 fully saturated rings. The van der Waals surface area contributed by atoms with Crippen LogP contribution in [0.4, 0.5) is 4.39 Å². The molecule has 3 heteroatoms. The second kappa shape index (κ2) is 5.51. The Kier molecular flexibility index (Phi) is 3.58. The van der Waals surface area contributed by atoms with E-state index in [0.29, 0.717) is 0 Å². The van der Waals surface area contributed by atoms with Gasteiger partial charge in [0.1, 0.15) is 11.9 Å². The molecule has 0 aliphatic carbocycles. The quantitative estimate of drug-likeness (QED) is 0.909. The van der Waals surface area contributed by atoms with Gasteiger partial charge in [-0.1, -0.05) is 42.5 Å². The van der Waals surface area contributed by atoms with Gasteiger partial charge in [-0.3, -0.25) is 0 Å². The van der Waals surface area contributed by atoms with Crippen LogP contribution in [0.2, 0.25) is 0 Å². The SMILES string of the molecule is Fc1ccc(C(OC2CNC2)c2ccccc2)cc1. The highest BCUT2D eigenvalue weighted by Crippen LogP contribution is 2.28. The van der Waals surface area contributed by atoms with Gasteiger partial charge in [0.2, 0.25) is 0 Å². The third-order valence-electron chi connectivity index (χ3n) is 3.35. The van der Waals surface area contributed by atoms with Gasteiger partial charge in [0.15, 0.2) is 0 Å². The smallest absolute Gasteiger partial charge is 0.123 e. The zero-order valence-corrected chi connectivity index (χ0v) is 10.6. The maximum Gasteiger partial charge on any atom is 0.123 e. The summed E-state index contributed by atoms with van der Waals surface area (Å²) in [5.74, 6) is -0.221. The molecule has 1 heterocycles. The van der Waals surface area contributed by atoms with E-state index in [1.807, 2.05) is 30.3 Å². The van der Waals surface area contributed by atoms with Crippen molar-refractivity contribution in [2.24, 2.45) is 0 Å². The molecule has 1 saturated heterocycles. The zero-order valence-electron chi connectivity index (χ0n) is 10.6. The summed E-state index contributed by atoms with van der Waals surface area (Å²) < 4.78 is 19.2. The van der Waals surface area contributed by atoms with Crippen LogP contribution < -0.4 is 5.32 Å². The highest BCUT2D eigenvalue weighted by Gasteiger charge is 2.24. The molecule has 1 unspecified atom stereocenters. The molecular formula is C16H16FNO. The lowest BCUT2D eigenvalue weighted by Gasteiger charge is -2.32. The fourth-order valence-electron chi connectivity index (χ4n) is 2.17. The van der Waals surface area contributed by atoms with Crippen LogP contribution in [-0.2, 0) is 4.74 Å². The Labute approximate surface area is 112 Å². The molecule has 0 saturated carbocycles. The Hall–Kier alpha value is -1.71. The van der Waals surface area contributed by atoms with Crippen LogP contribution in [0.3, 0.4) is 0 Å². The van der Waals surface area contributed by atoms with Crippen LogP contribution in [0, 0.1) is 5.82 Å². The number of nitrogens with one attached hydrogen (secondary N) is 1.